The molecule has 1 unspecified atom stereocenters. The van der Waals surface area contributed by atoms with Crippen LogP contribution in [0.4, 0.5) is 0 Å². The molecule has 2 aromatic carbocycles. The third-order valence-electron chi connectivity index (χ3n) is 2.93. The number of rotatable bonds is 6. The highest BCUT2D eigenvalue weighted by atomic mass is 16.5. The molecule has 0 aromatic heterocycles. The van der Waals surface area contributed by atoms with Crippen LogP contribution in [0.5, 0.6) is 11.5 Å². The van der Waals surface area contributed by atoms with E-state index in [0.29, 0.717) is 5.75 Å². The highest BCUT2D eigenvalue weighted by Gasteiger charge is 2.13. The first-order valence-corrected chi connectivity index (χ1v) is 6.87. The highest BCUT2D eigenvalue weighted by Crippen LogP contribution is 2.11. The predicted molar refractivity (Wildman–Crippen MR) is 85.3 cm³/mol. The first-order valence-electron chi connectivity index (χ1n) is 6.87. The molecule has 0 aliphatic heterocycles. The van der Waals surface area contributed by atoms with E-state index in [1.807, 2.05) is 42.5 Å². The van der Waals surface area contributed by atoms with Crippen molar-refractivity contribution in [2.45, 2.75) is 13.0 Å². The monoisotopic (exact) mass is 298 g/mol. The van der Waals surface area contributed by atoms with Gasteiger partial charge in [0.25, 0.3) is 5.91 Å². The lowest BCUT2D eigenvalue weighted by atomic mass is 10.2. The maximum atomic E-state index is 11.9. The highest BCUT2D eigenvalue weighted by molar-refractivity contribution is 5.84. The number of carbonyl (C=O) groups is 1. The van der Waals surface area contributed by atoms with Crippen molar-refractivity contribution in [3.8, 4) is 11.5 Å². The molecule has 0 spiro atoms. The van der Waals surface area contributed by atoms with E-state index in [1.165, 1.54) is 0 Å². The van der Waals surface area contributed by atoms with Crippen LogP contribution in [0.15, 0.2) is 59.7 Å². The molecule has 1 amide bonds. The van der Waals surface area contributed by atoms with Gasteiger partial charge in [-0.3, -0.25) is 4.79 Å². The van der Waals surface area contributed by atoms with Gasteiger partial charge in [-0.1, -0.05) is 18.2 Å². The zero-order chi connectivity index (χ0) is 15.8. The second-order valence-electron chi connectivity index (χ2n) is 4.58. The molecule has 2 rings (SSSR count). The standard InChI is InChI=1S/C17H18N2O3/c1-13(22-16-6-4-3-5-7-16)17(20)19-18-12-14-8-10-15(21-2)11-9-14/h3-13H,1-2H3,(H,19,20)/b18-12+. The van der Waals surface area contributed by atoms with Crippen molar-refractivity contribution in [1.82, 2.24) is 5.43 Å². The molecule has 22 heavy (non-hydrogen) atoms. The number of hydrazone groups is 1. The van der Waals surface area contributed by atoms with Crippen molar-refractivity contribution in [3.63, 3.8) is 0 Å². The molecule has 114 valence electrons. The summed E-state index contributed by atoms with van der Waals surface area (Å²) in [6, 6.07) is 16.5. The van der Waals surface area contributed by atoms with Crippen molar-refractivity contribution < 1.29 is 14.3 Å². The number of methoxy groups -OCH3 is 1. The average molecular weight is 298 g/mol. The summed E-state index contributed by atoms with van der Waals surface area (Å²) >= 11 is 0. The van der Waals surface area contributed by atoms with Gasteiger partial charge in [0.1, 0.15) is 11.5 Å². The molecule has 0 bridgehead atoms. The van der Waals surface area contributed by atoms with Crippen molar-refractivity contribution in [2.24, 2.45) is 5.10 Å². The fraction of sp³-hybridized carbons (Fsp3) is 0.176. The topological polar surface area (TPSA) is 59.9 Å². The van der Waals surface area contributed by atoms with E-state index >= 15 is 0 Å². The Bertz CT molecular complexity index is 624. The molecular formula is C17H18N2O3. The van der Waals surface area contributed by atoms with E-state index in [0.717, 1.165) is 11.3 Å². The third-order valence-corrected chi connectivity index (χ3v) is 2.93. The molecule has 0 aliphatic carbocycles. The molecule has 5 heteroatoms. The Morgan fingerprint density at radius 1 is 1.09 bits per heavy atom. The van der Waals surface area contributed by atoms with Gasteiger partial charge in [0, 0.05) is 0 Å². The zero-order valence-corrected chi connectivity index (χ0v) is 12.5. The first kappa shape index (κ1) is 15.6. The molecule has 5 nitrogen and oxygen atoms in total. The van der Waals surface area contributed by atoms with Crippen LogP contribution in [-0.4, -0.2) is 25.3 Å². The van der Waals surface area contributed by atoms with Crippen LogP contribution < -0.4 is 14.9 Å². The molecule has 0 saturated heterocycles. The molecule has 0 fully saturated rings. The third kappa shape index (κ3) is 4.63. The summed E-state index contributed by atoms with van der Waals surface area (Å²) in [6.07, 6.45) is 0.933. The number of para-hydroxylation sites is 1. The van der Waals surface area contributed by atoms with Crippen molar-refractivity contribution in [2.75, 3.05) is 7.11 Å². The fourth-order valence-electron chi connectivity index (χ4n) is 1.71. The second kappa shape index (κ2) is 7.83. The van der Waals surface area contributed by atoms with Gasteiger partial charge in [0.15, 0.2) is 6.10 Å². The lowest BCUT2D eigenvalue weighted by Gasteiger charge is -2.12. The quantitative estimate of drug-likeness (QED) is 0.659. The van der Waals surface area contributed by atoms with Crippen LogP contribution >= 0.6 is 0 Å². The number of hydrogen-bond acceptors (Lipinski definition) is 4. The minimum Gasteiger partial charge on any atom is -0.497 e. The molecule has 0 aliphatic rings. The summed E-state index contributed by atoms with van der Waals surface area (Å²) in [5.41, 5.74) is 3.31. The summed E-state index contributed by atoms with van der Waals surface area (Å²) in [5.74, 6) is 1.10. The number of carbonyl (C=O) groups excluding carboxylic acids is 1. The van der Waals surface area contributed by atoms with E-state index in [1.54, 1.807) is 32.4 Å². The summed E-state index contributed by atoms with van der Waals surface area (Å²) < 4.78 is 10.6. The maximum absolute atomic E-state index is 11.9. The van der Waals surface area contributed by atoms with Gasteiger partial charge in [0.05, 0.1) is 13.3 Å². The van der Waals surface area contributed by atoms with Crippen molar-refractivity contribution in [3.05, 3.63) is 60.2 Å². The molecule has 1 atom stereocenters. The lowest BCUT2D eigenvalue weighted by molar-refractivity contribution is -0.127. The van der Waals surface area contributed by atoms with Gasteiger partial charge in [-0.05, 0) is 48.9 Å². The Kier molecular flexibility index (Phi) is 5.54. The van der Waals surface area contributed by atoms with Gasteiger partial charge >= 0.3 is 0 Å². The summed E-state index contributed by atoms with van der Waals surface area (Å²) in [6.45, 7) is 1.67. The number of ether oxygens (including phenoxy) is 2. The van der Waals surface area contributed by atoms with Crippen LogP contribution in [0.3, 0.4) is 0 Å². The molecule has 2 aromatic rings. The number of amides is 1. The molecule has 0 heterocycles. The molecular weight excluding hydrogens is 280 g/mol. The Hall–Kier alpha value is -2.82. The summed E-state index contributed by atoms with van der Waals surface area (Å²) in [4.78, 5) is 11.9. The van der Waals surface area contributed by atoms with Crippen molar-refractivity contribution >= 4 is 12.1 Å². The Labute approximate surface area is 129 Å². The average Bonchev–Trinajstić information content (AvgIpc) is 2.56. The van der Waals surface area contributed by atoms with E-state index in [4.69, 9.17) is 9.47 Å². The van der Waals surface area contributed by atoms with Gasteiger partial charge in [-0.25, -0.2) is 5.43 Å². The fourth-order valence-corrected chi connectivity index (χ4v) is 1.71. The van der Waals surface area contributed by atoms with Gasteiger partial charge in [-0.2, -0.15) is 5.10 Å². The van der Waals surface area contributed by atoms with Crippen LogP contribution in [0, 0.1) is 0 Å². The van der Waals surface area contributed by atoms with E-state index < -0.39 is 6.10 Å². The minimum absolute atomic E-state index is 0.311. The van der Waals surface area contributed by atoms with Crippen LogP contribution in [-0.2, 0) is 4.79 Å². The predicted octanol–water partition coefficient (Wildman–Crippen LogP) is 2.61. The largest absolute Gasteiger partial charge is 0.497 e. The number of hydrogen-bond donors (Lipinski definition) is 1. The zero-order valence-electron chi connectivity index (χ0n) is 12.5. The van der Waals surface area contributed by atoms with Gasteiger partial charge in [0.2, 0.25) is 0 Å². The summed E-state index contributed by atoms with van der Waals surface area (Å²) in [5, 5.41) is 3.91. The summed E-state index contributed by atoms with van der Waals surface area (Å²) in [7, 11) is 1.61. The van der Waals surface area contributed by atoms with Crippen LogP contribution in [0.1, 0.15) is 12.5 Å². The van der Waals surface area contributed by atoms with Crippen LogP contribution in [0.2, 0.25) is 0 Å². The Balaban J connectivity index is 1.84. The van der Waals surface area contributed by atoms with Gasteiger partial charge in [-0.15, -0.1) is 0 Å². The maximum Gasteiger partial charge on any atom is 0.280 e. The lowest BCUT2D eigenvalue weighted by Crippen LogP contribution is -2.33. The van der Waals surface area contributed by atoms with E-state index in [-0.39, 0.29) is 5.91 Å². The first-order chi connectivity index (χ1) is 10.7. The SMILES string of the molecule is COc1ccc(/C=N/NC(=O)C(C)Oc2ccccc2)cc1. The van der Waals surface area contributed by atoms with E-state index in [2.05, 4.69) is 10.5 Å². The molecule has 0 saturated carbocycles. The second-order valence-corrected chi connectivity index (χ2v) is 4.58. The van der Waals surface area contributed by atoms with Gasteiger partial charge < -0.3 is 9.47 Å². The molecule has 1 N–H and O–H groups in total. The normalized spacial score (nSPS) is 11.9. The number of benzene rings is 2. The Morgan fingerprint density at radius 3 is 2.41 bits per heavy atom. The van der Waals surface area contributed by atoms with E-state index in [9.17, 15) is 4.79 Å². The molecule has 0 radical (unpaired) electrons. The minimum atomic E-state index is -0.629. The number of nitrogens with one attached hydrogen (secondary N) is 1. The number of nitrogens with zero attached hydrogens (tertiary/aromatic N) is 1. The smallest absolute Gasteiger partial charge is 0.280 e. The Morgan fingerprint density at radius 2 is 1.77 bits per heavy atom. The van der Waals surface area contributed by atoms with Crippen molar-refractivity contribution in [1.29, 1.82) is 0 Å². The van der Waals surface area contributed by atoms with Crippen LogP contribution in [0.25, 0.3) is 0 Å².